The fraction of sp³-hybridized carbons (Fsp3) is 0.150. The van der Waals surface area contributed by atoms with E-state index < -0.39 is 11.8 Å². The quantitative estimate of drug-likeness (QED) is 0.695. The number of benzene rings is 1. The van der Waals surface area contributed by atoms with Gasteiger partial charge in [-0.15, -0.1) is 0 Å². The first kappa shape index (κ1) is 17.8. The first-order valence-electron chi connectivity index (χ1n) is 8.81. The van der Waals surface area contributed by atoms with Gasteiger partial charge in [0.25, 0.3) is 0 Å². The summed E-state index contributed by atoms with van der Waals surface area (Å²) in [5.74, 6) is -0.577. The van der Waals surface area contributed by atoms with E-state index in [-0.39, 0.29) is 11.5 Å². The van der Waals surface area contributed by atoms with Gasteiger partial charge in [0.05, 0.1) is 23.3 Å². The smallest absolute Gasteiger partial charge is 0.327 e. The first-order chi connectivity index (χ1) is 13.6. The van der Waals surface area contributed by atoms with Crippen LogP contribution in [0.1, 0.15) is 6.42 Å². The Morgan fingerprint density at radius 2 is 2.07 bits per heavy atom. The zero-order valence-electron chi connectivity index (χ0n) is 14.8. The molecule has 0 fully saturated rings. The third kappa shape index (κ3) is 3.62. The number of fused-ring (bicyclic) bond motifs is 1. The predicted octanol–water partition coefficient (Wildman–Crippen LogP) is 4.28. The third-order valence-electron chi connectivity index (χ3n) is 4.38. The minimum atomic E-state index is -0.620. The number of urea groups is 1. The monoisotopic (exact) mass is 381 g/mol. The molecule has 142 valence electrons. The Morgan fingerprint density at radius 3 is 2.89 bits per heavy atom. The predicted molar refractivity (Wildman–Crippen MR) is 103 cm³/mol. The zero-order valence-corrected chi connectivity index (χ0v) is 14.8. The van der Waals surface area contributed by atoms with Gasteiger partial charge in [0.1, 0.15) is 5.82 Å². The molecule has 3 heterocycles. The highest BCUT2D eigenvalue weighted by Crippen LogP contribution is 2.31. The molecule has 0 radical (unpaired) electrons. The molecule has 2 amide bonds. The summed E-state index contributed by atoms with van der Waals surface area (Å²) in [6.07, 6.45) is 3.13. The van der Waals surface area contributed by atoms with Crippen LogP contribution < -0.4 is 15.5 Å². The molecular formula is C20H17F2N5O. The Labute approximate surface area is 160 Å². The summed E-state index contributed by atoms with van der Waals surface area (Å²) in [7, 11) is 0. The second-order valence-corrected chi connectivity index (χ2v) is 6.30. The lowest BCUT2D eigenvalue weighted by Gasteiger charge is -2.22. The van der Waals surface area contributed by atoms with Crippen LogP contribution in [0.3, 0.4) is 0 Å². The summed E-state index contributed by atoms with van der Waals surface area (Å²) in [5.41, 5.74) is 1.87. The molecular weight excluding hydrogens is 364 g/mol. The second kappa shape index (κ2) is 7.59. The van der Waals surface area contributed by atoms with E-state index in [0.29, 0.717) is 42.3 Å². The summed E-state index contributed by atoms with van der Waals surface area (Å²) in [4.78, 5) is 22.5. The van der Waals surface area contributed by atoms with Crippen molar-refractivity contribution in [3.63, 3.8) is 0 Å². The molecule has 2 aromatic heterocycles. The molecule has 28 heavy (non-hydrogen) atoms. The van der Waals surface area contributed by atoms with Crippen molar-refractivity contribution in [1.82, 2.24) is 9.97 Å². The van der Waals surface area contributed by atoms with Crippen molar-refractivity contribution in [2.75, 3.05) is 28.6 Å². The normalized spacial score (nSPS) is 13.3. The van der Waals surface area contributed by atoms with Gasteiger partial charge in [-0.3, -0.25) is 9.88 Å². The number of aromatic nitrogens is 2. The van der Waals surface area contributed by atoms with Crippen molar-refractivity contribution >= 4 is 23.2 Å². The van der Waals surface area contributed by atoms with Crippen LogP contribution in [0.2, 0.25) is 0 Å². The van der Waals surface area contributed by atoms with E-state index in [1.165, 1.54) is 29.3 Å². The minimum Gasteiger partial charge on any atom is -0.382 e. The summed E-state index contributed by atoms with van der Waals surface area (Å²) in [6, 6.07) is 10.6. The molecule has 4 rings (SSSR count). The van der Waals surface area contributed by atoms with Crippen LogP contribution in [0.25, 0.3) is 11.3 Å². The Kier molecular flexibility index (Phi) is 4.84. The van der Waals surface area contributed by atoms with Crippen LogP contribution in [0.4, 0.5) is 30.8 Å². The van der Waals surface area contributed by atoms with Crippen molar-refractivity contribution in [3.8, 4) is 11.3 Å². The summed E-state index contributed by atoms with van der Waals surface area (Å²) < 4.78 is 27.4. The van der Waals surface area contributed by atoms with Crippen LogP contribution in [0.5, 0.6) is 0 Å². The molecule has 2 N–H and O–H groups in total. The molecule has 0 aliphatic carbocycles. The van der Waals surface area contributed by atoms with Gasteiger partial charge in [0.2, 0.25) is 0 Å². The first-order valence-corrected chi connectivity index (χ1v) is 8.81. The Bertz CT molecular complexity index is 1030. The number of amides is 2. The SMILES string of the molecule is O=C(Nc1ccncc1F)N1CCCNc2ccc(-c3cccc(F)c3)nc21. The average molecular weight is 381 g/mol. The van der Waals surface area contributed by atoms with Crippen LogP contribution in [0.15, 0.2) is 54.9 Å². The summed E-state index contributed by atoms with van der Waals surface area (Å²) >= 11 is 0. The van der Waals surface area contributed by atoms with Crippen LogP contribution in [0, 0.1) is 11.6 Å². The van der Waals surface area contributed by atoms with Gasteiger partial charge in [-0.2, -0.15) is 0 Å². The van der Waals surface area contributed by atoms with Crippen molar-refractivity contribution in [3.05, 3.63) is 66.5 Å². The molecule has 1 aliphatic heterocycles. The number of carbonyl (C=O) groups excluding carboxylic acids is 1. The van der Waals surface area contributed by atoms with Crippen LogP contribution in [-0.2, 0) is 0 Å². The van der Waals surface area contributed by atoms with Gasteiger partial charge in [-0.1, -0.05) is 12.1 Å². The number of hydrogen-bond acceptors (Lipinski definition) is 4. The highest BCUT2D eigenvalue weighted by molar-refractivity contribution is 6.03. The number of nitrogens with zero attached hydrogens (tertiary/aromatic N) is 3. The van der Waals surface area contributed by atoms with Crippen molar-refractivity contribution in [1.29, 1.82) is 0 Å². The van der Waals surface area contributed by atoms with E-state index in [2.05, 4.69) is 20.6 Å². The van der Waals surface area contributed by atoms with Gasteiger partial charge in [-0.05, 0) is 36.8 Å². The van der Waals surface area contributed by atoms with E-state index >= 15 is 0 Å². The Balaban J connectivity index is 1.69. The van der Waals surface area contributed by atoms with Crippen molar-refractivity contribution in [2.45, 2.75) is 6.42 Å². The van der Waals surface area contributed by atoms with Gasteiger partial charge < -0.3 is 10.6 Å². The lowest BCUT2D eigenvalue weighted by Crippen LogP contribution is -2.36. The summed E-state index contributed by atoms with van der Waals surface area (Å²) in [6.45, 7) is 1.07. The number of nitrogens with one attached hydrogen (secondary N) is 2. The molecule has 0 bridgehead atoms. The average Bonchev–Trinajstić information content (AvgIpc) is 2.91. The van der Waals surface area contributed by atoms with Crippen LogP contribution >= 0.6 is 0 Å². The van der Waals surface area contributed by atoms with E-state index in [9.17, 15) is 13.6 Å². The topological polar surface area (TPSA) is 70.2 Å². The molecule has 1 aromatic carbocycles. The zero-order chi connectivity index (χ0) is 19.5. The maximum Gasteiger partial charge on any atom is 0.327 e. The maximum absolute atomic E-state index is 13.9. The molecule has 0 atom stereocenters. The number of carbonyl (C=O) groups is 1. The highest BCUT2D eigenvalue weighted by Gasteiger charge is 2.24. The Morgan fingerprint density at radius 1 is 1.18 bits per heavy atom. The van der Waals surface area contributed by atoms with E-state index in [1.54, 1.807) is 24.3 Å². The van der Waals surface area contributed by atoms with E-state index in [1.807, 2.05) is 0 Å². The molecule has 8 heteroatoms. The van der Waals surface area contributed by atoms with Crippen molar-refractivity contribution in [2.24, 2.45) is 0 Å². The third-order valence-corrected chi connectivity index (χ3v) is 4.38. The standard InChI is InChI=1S/C20H17F2N5O/c21-14-4-1-3-13(11-14)16-5-6-18-19(25-16)27(10-2-8-24-18)20(28)26-17-7-9-23-12-15(17)22/h1,3-7,9,11-12,24H,2,8,10H2,(H,23,26,28). The fourth-order valence-electron chi connectivity index (χ4n) is 3.02. The van der Waals surface area contributed by atoms with Crippen molar-refractivity contribution < 1.29 is 13.6 Å². The summed E-state index contributed by atoms with van der Waals surface area (Å²) in [5, 5.41) is 5.79. The number of rotatable bonds is 2. The van der Waals surface area contributed by atoms with Crippen LogP contribution in [-0.4, -0.2) is 29.1 Å². The maximum atomic E-state index is 13.9. The number of pyridine rings is 2. The van der Waals surface area contributed by atoms with Gasteiger partial charge in [0.15, 0.2) is 11.6 Å². The molecule has 0 unspecified atom stereocenters. The van der Waals surface area contributed by atoms with Gasteiger partial charge in [0, 0.05) is 24.8 Å². The molecule has 0 saturated heterocycles. The number of halogens is 2. The Hall–Kier alpha value is -3.55. The highest BCUT2D eigenvalue weighted by atomic mass is 19.1. The second-order valence-electron chi connectivity index (χ2n) is 6.30. The van der Waals surface area contributed by atoms with Gasteiger partial charge in [-0.25, -0.2) is 18.6 Å². The molecule has 0 saturated carbocycles. The number of hydrogen-bond donors (Lipinski definition) is 2. The fourth-order valence-corrected chi connectivity index (χ4v) is 3.02. The molecule has 0 spiro atoms. The lowest BCUT2D eigenvalue weighted by molar-refractivity contribution is 0.256. The van der Waals surface area contributed by atoms with E-state index in [0.717, 1.165) is 6.20 Å². The number of anilines is 3. The minimum absolute atomic E-state index is 0.0417. The molecule has 3 aromatic rings. The molecule has 6 nitrogen and oxygen atoms in total. The molecule has 1 aliphatic rings. The lowest BCUT2D eigenvalue weighted by atomic mass is 10.1. The largest absolute Gasteiger partial charge is 0.382 e. The van der Waals surface area contributed by atoms with Gasteiger partial charge >= 0.3 is 6.03 Å². The van der Waals surface area contributed by atoms with E-state index in [4.69, 9.17) is 0 Å².